The van der Waals surface area contributed by atoms with Crippen molar-refractivity contribution >= 4 is 28.3 Å². The average molecular weight is 408 g/mol. The van der Waals surface area contributed by atoms with E-state index < -0.39 is 6.04 Å². The van der Waals surface area contributed by atoms with Crippen molar-refractivity contribution in [2.45, 2.75) is 18.9 Å². The van der Waals surface area contributed by atoms with Crippen molar-refractivity contribution < 1.29 is 14.3 Å². The maximum absolute atomic E-state index is 12.9. The molecule has 0 saturated carbocycles. The fraction of sp³-hybridized carbons (Fsp3) is 0.238. The number of likely N-dealkylation sites (tertiary alicyclic amines) is 1. The van der Waals surface area contributed by atoms with Gasteiger partial charge in [0.1, 0.15) is 16.8 Å². The summed E-state index contributed by atoms with van der Waals surface area (Å²) in [7, 11) is 1.56. The average Bonchev–Trinajstić information content (AvgIpc) is 3.44. The summed E-state index contributed by atoms with van der Waals surface area (Å²) in [6.07, 6.45) is 1.39. The maximum atomic E-state index is 12.9. The van der Waals surface area contributed by atoms with E-state index in [4.69, 9.17) is 4.74 Å². The van der Waals surface area contributed by atoms with Crippen LogP contribution in [-0.4, -0.2) is 46.6 Å². The van der Waals surface area contributed by atoms with E-state index in [1.54, 1.807) is 36.3 Å². The van der Waals surface area contributed by atoms with Crippen molar-refractivity contribution in [2.24, 2.45) is 0 Å². The van der Waals surface area contributed by atoms with Gasteiger partial charge in [0.15, 0.2) is 0 Å². The van der Waals surface area contributed by atoms with Gasteiger partial charge in [0.25, 0.3) is 5.91 Å². The lowest BCUT2D eigenvalue weighted by molar-refractivity contribution is -0.119. The molecule has 4 rings (SSSR count). The number of nitrogens with one attached hydrogen (secondary N) is 1. The molecule has 148 valence electrons. The molecule has 8 heteroatoms. The van der Waals surface area contributed by atoms with Gasteiger partial charge in [-0.05, 0) is 31.0 Å². The van der Waals surface area contributed by atoms with Crippen molar-refractivity contribution in [2.75, 3.05) is 19.0 Å². The lowest BCUT2D eigenvalue weighted by Crippen LogP contribution is -2.43. The first kappa shape index (κ1) is 19.1. The molecule has 1 saturated heterocycles. The van der Waals surface area contributed by atoms with E-state index in [0.29, 0.717) is 29.4 Å². The molecule has 1 aromatic heterocycles. The standard InChI is InChI=1S/C21H20N4O3S/c1-28-16-10-5-9-15(13-16)20(27)25-12-6-11-17(25)18(26)22-21-24-23-19(29-21)14-7-3-2-4-8-14/h2-5,7-10,13,17H,6,11-12H2,1H3,(H,22,24,26). The quantitative estimate of drug-likeness (QED) is 0.699. The van der Waals surface area contributed by atoms with Gasteiger partial charge in [-0.3, -0.25) is 14.9 Å². The Balaban J connectivity index is 1.47. The summed E-state index contributed by atoms with van der Waals surface area (Å²) >= 11 is 1.31. The Hall–Kier alpha value is -3.26. The molecule has 2 amide bonds. The Morgan fingerprint density at radius 2 is 1.97 bits per heavy atom. The monoisotopic (exact) mass is 408 g/mol. The number of hydrogen-bond acceptors (Lipinski definition) is 6. The molecular formula is C21H20N4O3S. The second-order valence-corrected chi connectivity index (χ2v) is 7.63. The highest BCUT2D eigenvalue weighted by atomic mass is 32.1. The Morgan fingerprint density at radius 1 is 1.14 bits per heavy atom. The summed E-state index contributed by atoms with van der Waals surface area (Å²) in [6.45, 7) is 0.541. The molecule has 1 aliphatic rings. The number of ether oxygens (including phenoxy) is 1. The van der Waals surface area contributed by atoms with Crippen LogP contribution in [-0.2, 0) is 4.79 Å². The molecule has 29 heavy (non-hydrogen) atoms. The van der Waals surface area contributed by atoms with Crippen LogP contribution in [0.1, 0.15) is 23.2 Å². The van der Waals surface area contributed by atoms with Gasteiger partial charge >= 0.3 is 0 Å². The van der Waals surface area contributed by atoms with Crippen LogP contribution in [0.15, 0.2) is 54.6 Å². The summed E-state index contributed by atoms with van der Waals surface area (Å²) in [5, 5.41) is 12.2. The number of carbonyl (C=O) groups excluding carboxylic acids is 2. The number of rotatable bonds is 5. The van der Waals surface area contributed by atoms with Crippen LogP contribution < -0.4 is 10.1 Å². The van der Waals surface area contributed by atoms with Crippen molar-refractivity contribution in [1.82, 2.24) is 15.1 Å². The molecular weight excluding hydrogens is 388 g/mol. The van der Waals surface area contributed by atoms with Crippen molar-refractivity contribution in [3.63, 3.8) is 0 Å². The fourth-order valence-corrected chi connectivity index (χ4v) is 4.12. The van der Waals surface area contributed by atoms with E-state index in [2.05, 4.69) is 15.5 Å². The molecule has 1 fully saturated rings. The third-order valence-corrected chi connectivity index (χ3v) is 5.70. The van der Waals surface area contributed by atoms with E-state index in [-0.39, 0.29) is 11.8 Å². The van der Waals surface area contributed by atoms with E-state index in [1.165, 1.54) is 11.3 Å². The largest absolute Gasteiger partial charge is 0.497 e. The van der Waals surface area contributed by atoms with Crippen LogP contribution in [0.4, 0.5) is 5.13 Å². The Bertz CT molecular complexity index is 1020. The molecule has 0 spiro atoms. The predicted octanol–water partition coefficient (Wildman–Crippen LogP) is 3.46. The van der Waals surface area contributed by atoms with Crippen LogP contribution in [0, 0.1) is 0 Å². The highest BCUT2D eigenvalue weighted by Crippen LogP contribution is 2.27. The second kappa shape index (κ2) is 8.40. The molecule has 0 aliphatic carbocycles. The third kappa shape index (κ3) is 4.12. The molecule has 1 atom stereocenters. The van der Waals surface area contributed by atoms with E-state index in [0.717, 1.165) is 17.0 Å². The number of nitrogens with zero attached hydrogens (tertiary/aromatic N) is 3. The highest BCUT2D eigenvalue weighted by Gasteiger charge is 2.35. The van der Waals surface area contributed by atoms with Gasteiger partial charge in [-0.15, -0.1) is 10.2 Å². The SMILES string of the molecule is COc1cccc(C(=O)N2CCCC2C(=O)Nc2nnc(-c3ccccc3)s2)c1. The molecule has 0 bridgehead atoms. The molecule has 1 aliphatic heterocycles. The molecule has 1 N–H and O–H groups in total. The number of methoxy groups -OCH3 is 1. The molecule has 7 nitrogen and oxygen atoms in total. The Labute approximate surface area is 172 Å². The lowest BCUT2D eigenvalue weighted by Gasteiger charge is -2.23. The summed E-state index contributed by atoms with van der Waals surface area (Å²) in [5.74, 6) is 0.191. The third-order valence-electron chi connectivity index (χ3n) is 4.81. The van der Waals surface area contributed by atoms with Crippen molar-refractivity contribution in [1.29, 1.82) is 0 Å². The number of benzene rings is 2. The summed E-state index contributed by atoms with van der Waals surface area (Å²) in [5.41, 5.74) is 1.45. The number of amides is 2. The minimum atomic E-state index is -0.530. The highest BCUT2D eigenvalue weighted by molar-refractivity contribution is 7.18. The molecule has 2 aromatic carbocycles. The first-order chi connectivity index (χ1) is 14.2. The zero-order chi connectivity index (χ0) is 20.2. The van der Waals surface area contributed by atoms with Gasteiger partial charge in [0.2, 0.25) is 11.0 Å². The minimum Gasteiger partial charge on any atom is -0.497 e. The predicted molar refractivity (Wildman–Crippen MR) is 111 cm³/mol. The van der Waals surface area contributed by atoms with Crippen molar-refractivity contribution in [3.8, 4) is 16.3 Å². The maximum Gasteiger partial charge on any atom is 0.254 e. The van der Waals surface area contributed by atoms with Gasteiger partial charge in [-0.2, -0.15) is 0 Å². The number of hydrogen-bond donors (Lipinski definition) is 1. The number of aromatic nitrogens is 2. The van der Waals surface area contributed by atoms with Gasteiger partial charge in [-0.1, -0.05) is 47.7 Å². The zero-order valence-corrected chi connectivity index (χ0v) is 16.7. The van der Waals surface area contributed by atoms with Gasteiger partial charge in [-0.25, -0.2) is 0 Å². The normalized spacial score (nSPS) is 15.9. The van der Waals surface area contributed by atoms with Crippen molar-refractivity contribution in [3.05, 3.63) is 60.2 Å². The zero-order valence-electron chi connectivity index (χ0n) is 15.9. The topological polar surface area (TPSA) is 84.4 Å². The number of carbonyl (C=O) groups is 2. The lowest BCUT2D eigenvalue weighted by atomic mass is 10.1. The molecule has 3 aromatic rings. The van der Waals surface area contributed by atoms with E-state index in [1.807, 2.05) is 30.3 Å². The summed E-state index contributed by atoms with van der Waals surface area (Å²) in [6, 6.07) is 16.1. The van der Waals surface area contributed by atoms with Crippen LogP contribution in [0.3, 0.4) is 0 Å². The molecule has 0 radical (unpaired) electrons. The molecule has 1 unspecified atom stereocenters. The van der Waals surface area contributed by atoms with Gasteiger partial charge in [0, 0.05) is 17.7 Å². The smallest absolute Gasteiger partial charge is 0.254 e. The van der Waals surface area contributed by atoms with Crippen LogP contribution in [0.2, 0.25) is 0 Å². The van der Waals surface area contributed by atoms with E-state index in [9.17, 15) is 9.59 Å². The summed E-state index contributed by atoms with van der Waals surface area (Å²) in [4.78, 5) is 27.4. The number of anilines is 1. The Kier molecular flexibility index (Phi) is 5.53. The molecule has 2 heterocycles. The van der Waals surface area contributed by atoms with Gasteiger partial charge < -0.3 is 9.64 Å². The van der Waals surface area contributed by atoms with Crippen LogP contribution in [0.25, 0.3) is 10.6 Å². The summed E-state index contributed by atoms with van der Waals surface area (Å²) < 4.78 is 5.20. The first-order valence-electron chi connectivity index (χ1n) is 9.30. The van der Waals surface area contributed by atoms with Gasteiger partial charge in [0.05, 0.1) is 7.11 Å². The Morgan fingerprint density at radius 3 is 2.76 bits per heavy atom. The first-order valence-corrected chi connectivity index (χ1v) is 10.1. The second-order valence-electron chi connectivity index (χ2n) is 6.66. The minimum absolute atomic E-state index is 0.177. The van der Waals surface area contributed by atoms with Crippen LogP contribution >= 0.6 is 11.3 Å². The van der Waals surface area contributed by atoms with E-state index >= 15 is 0 Å². The fourth-order valence-electron chi connectivity index (χ4n) is 3.36. The van der Waals surface area contributed by atoms with Crippen LogP contribution in [0.5, 0.6) is 5.75 Å².